The fraction of sp³-hybridized carbons (Fsp3) is 0.917. The van der Waals surface area contributed by atoms with Crippen LogP contribution in [0.4, 0.5) is 0 Å². The van der Waals surface area contributed by atoms with Crippen molar-refractivity contribution in [1.82, 2.24) is 10.2 Å². The SMILES string of the molecule is CCOCCN(CC)C(=O)C1(C)CCCN1. The Morgan fingerprint density at radius 1 is 1.50 bits per heavy atom. The van der Waals surface area contributed by atoms with E-state index in [4.69, 9.17) is 4.74 Å². The summed E-state index contributed by atoms with van der Waals surface area (Å²) in [6, 6.07) is 0. The summed E-state index contributed by atoms with van der Waals surface area (Å²) in [6.45, 7) is 9.73. The molecule has 1 amide bonds. The molecule has 0 spiro atoms. The minimum absolute atomic E-state index is 0.215. The second-order valence-corrected chi connectivity index (χ2v) is 4.44. The normalized spacial score (nSPS) is 24.7. The van der Waals surface area contributed by atoms with Crippen LogP contribution in [-0.2, 0) is 9.53 Å². The van der Waals surface area contributed by atoms with E-state index in [0.29, 0.717) is 19.8 Å². The predicted octanol–water partition coefficient (Wildman–Crippen LogP) is 1.01. The number of amides is 1. The maximum Gasteiger partial charge on any atom is 0.242 e. The lowest BCUT2D eigenvalue weighted by atomic mass is 9.98. The highest BCUT2D eigenvalue weighted by atomic mass is 16.5. The fourth-order valence-electron chi connectivity index (χ4n) is 2.15. The number of ether oxygens (including phenoxy) is 1. The van der Waals surface area contributed by atoms with Gasteiger partial charge in [0.05, 0.1) is 12.1 Å². The Bertz CT molecular complexity index is 225. The molecule has 0 aromatic heterocycles. The second kappa shape index (κ2) is 6.21. The molecular formula is C12H24N2O2. The average molecular weight is 228 g/mol. The van der Waals surface area contributed by atoms with Gasteiger partial charge in [-0.25, -0.2) is 0 Å². The van der Waals surface area contributed by atoms with Crippen molar-refractivity contribution in [3.05, 3.63) is 0 Å². The highest BCUT2D eigenvalue weighted by Crippen LogP contribution is 2.21. The third-order valence-corrected chi connectivity index (χ3v) is 3.22. The Morgan fingerprint density at radius 2 is 2.25 bits per heavy atom. The molecule has 1 unspecified atom stereocenters. The number of rotatable bonds is 6. The first-order valence-corrected chi connectivity index (χ1v) is 6.26. The lowest BCUT2D eigenvalue weighted by Crippen LogP contribution is -2.53. The molecule has 1 aliphatic heterocycles. The lowest BCUT2D eigenvalue weighted by Gasteiger charge is -2.31. The summed E-state index contributed by atoms with van der Waals surface area (Å²) in [6.07, 6.45) is 2.03. The van der Waals surface area contributed by atoms with Gasteiger partial charge >= 0.3 is 0 Å². The highest BCUT2D eigenvalue weighted by Gasteiger charge is 2.38. The first kappa shape index (κ1) is 13.5. The van der Waals surface area contributed by atoms with Crippen molar-refractivity contribution < 1.29 is 9.53 Å². The average Bonchev–Trinajstić information content (AvgIpc) is 2.72. The van der Waals surface area contributed by atoms with E-state index >= 15 is 0 Å². The number of hydrogen-bond acceptors (Lipinski definition) is 3. The van der Waals surface area contributed by atoms with Crippen molar-refractivity contribution in [2.75, 3.05) is 32.8 Å². The molecule has 0 saturated carbocycles. The van der Waals surface area contributed by atoms with Crippen LogP contribution in [0.2, 0.25) is 0 Å². The van der Waals surface area contributed by atoms with Crippen LogP contribution in [0.5, 0.6) is 0 Å². The topological polar surface area (TPSA) is 41.6 Å². The van der Waals surface area contributed by atoms with E-state index in [1.807, 2.05) is 25.7 Å². The predicted molar refractivity (Wildman–Crippen MR) is 64.4 cm³/mol. The van der Waals surface area contributed by atoms with Crippen molar-refractivity contribution in [2.45, 2.75) is 39.2 Å². The third kappa shape index (κ3) is 3.19. The van der Waals surface area contributed by atoms with Crippen molar-refractivity contribution in [3.8, 4) is 0 Å². The Hall–Kier alpha value is -0.610. The van der Waals surface area contributed by atoms with E-state index in [0.717, 1.165) is 25.9 Å². The van der Waals surface area contributed by atoms with Crippen molar-refractivity contribution >= 4 is 5.91 Å². The van der Waals surface area contributed by atoms with Crippen molar-refractivity contribution in [1.29, 1.82) is 0 Å². The van der Waals surface area contributed by atoms with Crippen LogP contribution >= 0.6 is 0 Å². The first-order valence-electron chi connectivity index (χ1n) is 6.26. The zero-order valence-corrected chi connectivity index (χ0v) is 10.7. The molecule has 4 heteroatoms. The summed E-state index contributed by atoms with van der Waals surface area (Å²) in [5.41, 5.74) is -0.345. The molecule has 0 aliphatic carbocycles. The lowest BCUT2D eigenvalue weighted by molar-refractivity contribution is -0.137. The van der Waals surface area contributed by atoms with E-state index in [1.54, 1.807) is 0 Å². The van der Waals surface area contributed by atoms with Gasteiger partial charge in [0.25, 0.3) is 0 Å². The summed E-state index contributed by atoms with van der Waals surface area (Å²) < 4.78 is 5.30. The van der Waals surface area contributed by atoms with Crippen LogP contribution in [-0.4, -0.2) is 49.2 Å². The van der Waals surface area contributed by atoms with E-state index in [-0.39, 0.29) is 11.4 Å². The second-order valence-electron chi connectivity index (χ2n) is 4.44. The molecule has 0 bridgehead atoms. The Balaban J connectivity index is 2.48. The molecule has 0 aromatic rings. The molecule has 16 heavy (non-hydrogen) atoms. The quantitative estimate of drug-likeness (QED) is 0.690. The van der Waals surface area contributed by atoms with Crippen LogP contribution in [0.3, 0.4) is 0 Å². The number of nitrogens with one attached hydrogen (secondary N) is 1. The molecule has 1 atom stereocenters. The van der Waals surface area contributed by atoms with Gasteiger partial charge in [-0.1, -0.05) is 0 Å². The fourth-order valence-corrected chi connectivity index (χ4v) is 2.15. The van der Waals surface area contributed by atoms with Crippen LogP contribution in [0.1, 0.15) is 33.6 Å². The third-order valence-electron chi connectivity index (χ3n) is 3.22. The van der Waals surface area contributed by atoms with Gasteiger partial charge in [-0.3, -0.25) is 4.79 Å². The molecule has 1 saturated heterocycles. The molecule has 1 fully saturated rings. The molecular weight excluding hydrogens is 204 g/mol. The summed E-state index contributed by atoms with van der Waals surface area (Å²) in [4.78, 5) is 14.2. The Morgan fingerprint density at radius 3 is 2.75 bits per heavy atom. The van der Waals surface area contributed by atoms with Gasteiger partial charge in [-0.15, -0.1) is 0 Å². The molecule has 1 heterocycles. The number of carbonyl (C=O) groups excluding carboxylic acids is 1. The van der Waals surface area contributed by atoms with Gasteiger partial charge in [-0.2, -0.15) is 0 Å². The number of carbonyl (C=O) groups is 1. The molecule has 4 nitrogen and oxygen atoms in total. The standard InChI is InChI=1S/C12H24N2O2/c1-4-14(9-10-16-5-2)11(15)12(3)7-6-8-13-12/h13H,4-10H2,1-3H3. The van der Waals surface area contributed by atoms with Crippen LogP contribution < -0.4 is 5.32 Å². The first-order chi connectivity index (χ1) is 7.64. The number of nitrogens with zero attached hydrogens (tertiary/aromatic N) is 1. The van der Waals surface area contributed by atoms with Crippen molar-refractivity contribution in [3.63, 3.8) is 0 Å². The van der Waals surface area contributed by atoms with E-state index in [1.165, 1.54) is 0 Å². The molecule has 1 aliphatic rings. The molecule has 94 valence electrons. The van der Waals surface area contributed by atoms with Gasteiger partial charge in [0.2, 0.25) is 5.91 Å². The van der Waals surface area contributed by atoms with Gasteiger partial charge < -0.3 is 15.0 Å². The molecule has 1 rings (SSSR count). The molecule has 0 aromatic carbocycles. The maximum absolute atomic E-state index is 12.3. The highest BCUT2D eigenvalue weighted by molar-refractivity contribution is 5.86. The zero-order chi connectivity index (χ0) is 12.0. The van der Waals surface area contributed by atoms with Crippen LogP contribution in [0.25, 0.3) is 0 Å². The van der Waals surface area contributed by atoms with Crippen LogP contribution in [0.15, 0.2) is 0 Å². The summed E-state index contributed by atoms with van der Waals surface area (Å²) >= 11 is 0. The summed E-state index contributed by atoms with van der Waals surface area (Å²) in [5.74, 6) is 0.215. The van der Waals surface area contributed by atoms with E-state index < -0.39 is 0 Å². The van der Waals surface area contributed by atoms with Crippen molar-refractivity contribution in [2.24, 2.45) is 0 Å². The van der Waals surface area contributed by atoms with E-state index in [9.17, 15) is 4.79 Å². The minimum atomic E-state index is -0.345. The van der Waals surface area contributed by atoms with E-state index in [2.05, 4.69) is 5.32 Å². The molecule has 1 N–H and O–H groups in total. The Labute approximate surface area is 98.3 Å². The zero-order valence-electron chi connectivity index (χ0n) is 10.7. The van der Waals surface area contributed by atoms with Gasteiger partial charge in [0.15, 0.2) is 0 Å². The Kier molecular flexibility index (Phi) is 5.22. The maximum atomic E-state index is 12.3. The summed E-state index contributed by atoms with van der Waals surface area (Å²) in [5, 5.41) is 3.31. The van der Waals surface area contributed by atoms with Gasteiger partial charge in [0.1, 0.15) is 0 Å². The monoisotopic (exact) mass is 228 g/mol. The number of likely N-dealkylation sites (N-methyl/N-ethyl adjacent to an activating group) is 1. The largest absolute Gasteiger partial charge is 0.380 e. The number of hydrogen-bond donors (Lipinski definition) is 1. The minimum Gasteiger partial charge on any atom is -0.380 e. The smallest absolute Gasteiger partial charge is 0.242 e. The van der Waals surface area contributed by atoms with Gasteiger partial charge in [-0.05, 0) is 40.2 Å². The van der Waals surface area contributed by atoms with Crippen LogP contribution in [0, 0.1) is 0 Å². The van der Waals surface area contributed by atoms with Gasteiger partial charge in [0, 0.05) is 19.7 Å². The molecule has 0 radical (unpaired) electrons. The summed E-state index contributed by atoms with van der Waals surface area (Å²) in [7, 11) is 0.